The van der Waals surface area contributed by atoms with Crippen LogP contribution >= 0.6 is 16.3 Å². The lowest BCUT2D eigenvalue weighted by atomic mass is 10.2. The monoisotopic (exact) mass is 231 g/mol. The Labute approximate surface area is 80.2 Å². The standard InChI is InChI=1S/C8H10BrNO2/c1-6-3-8(11-2)7(4-10-6)5-12-9/h3-4H,5H2,1-2H3. The molecule has 12 heavy (non-hydrogen) atoms. The molecule has 0 saturated heterocycles. The minimum Gasteiger partial charge on any atom is -0.496 e. The molecule has 3 nitrogen and oxygen atoms in total. The minimum absolute atomic E-state index is 0.455. The van der Waals surface area contributed by atoms with Gasteiger partial charge in [0, 0.05) is 23.5 Å². The number of rotatable bonds is 3. The van der Waals surface area contributed by atoms with Crippen LogP contribution in [0, 0.1) is 6.92 Å². The summed E-state index contributed by atoms with van der Waals surface area (Å²) in [7, 11) is 1.63. The Kier molecular flexibility index (Phi) is 3.49. The van der Waals surface area contributed by atoms with Gasteiger partial charge in [0.2, 0.25) is 0 Å². The molecular formula is C8H10BrNO2. The van der Waals surface area contributed by atoms with E-state index >= 15 is 0 Å². The zero-order valence-corrected chi connectivity index (χ0v) is 8.59. The second-order valence-corrected chi connectivity index (χ2v) is 2.85. The highest BCUT2D eigenvalue weighted by molar-refractivity contribution is 9.06. The molecule has 1 rings (SSSR count). The van der Waals surface area contributed by atoms with Crippen LogP contribution in [-0.4, -0.2) is 12.1 Å². The Morgan fingerprint density at radius 2 is 2.33 bits per heavy atom. The Morgan fingerprint density at radius 3 is 2.92 bits per heavy atom. The van der Waals surface area contributed by atoms with E-state index in [0.29, 0.717) is 6.61 Å². The molecule has 4 heteroatoms. The number of pyridine rings is 1. The van der Waals surface area contributed by atoms with Crippen molar-refractivity contribution in [1.82, 2.24) is 4.98 Å². The summed E-state index contributed by atoms with van der Waals surface area (Å²) in [4.78, 5) is 4.13. The average molecular weight is 232 g/mol. The molecule has 1 aromatic heterocycles. The van der Waals surface area contributed by atoms with E-state index in [9.17, 15) is 0 Å². The average Bonchev–Trinajstić information content (AvgIpc) is 2.08. The van der Waals surface area contributed by atoms with Crippen molar-refractivity contribution in [2.75, 3.05) is 7.11 Å². The molecule has 1 heterocycles. The molecule has 0 fully saturated rings. The number of aromatic nitrogens is 1. The van der Waals surface area contributed by atoms with Gasteiger partial charge in [-0.15, -0.1) is 0 Å². The van der Waals surface area contributed by atoms with Gasteiger partial charge in [0.05, 0.1) is 30.0 Å². The summed E-state index contributed by atoms with van der Waals surface area (Å²) in [5.74, 6) is 0.807. The first-order valence-electron chi connectivity index (χ1n) is 3.51. The molecule has 0 aliphatic heterocycles. The molecule has 0 N–H and O–H groups in total. The van der Waals surface area contributed by atoms with Crippen LogP contribution in [0.1, 0.15) is 11.3 Å². The van der Waals surface area contributed by atoms with Crippen LogP contribution in [0.15, 0.2) is 12.3 Å². The van der Waals surface area contributed by atoms with E-state index in [1.807, 2.05) is 13.0 Å². The normalized spacial score (nSPS) is 9.92. The highest BCUT2D eigenvalue weighted by Crippen LogP contribution is 2.19. The molecule has 66 valence electrons. The predicted octanol–water partition coefficient (Wildman–Crippen LogP) is 2.23. The summed E-state index contributed by atoms with van der Waals surface area (Å²) in [5, 5.41) is 0. The van der Waals surface area contributed by atoms with E-state index in [2.05, 4.69) is 21.2 Å². The fourth-order valence-electron chi connectivity index (χ4n) is 0.920. The molecule has 0 atom stereocenters. The lowest BCUT2D eigenvalue weighted by Crippen LogP contribution is -1.94. The van der Waals surface area contributed by atoms with Gasteiger partial charge in [0.1, 0.15) is 5.75 Å². The number of methoxy groups -OCH3 is 1. The molecule has 0 bridgehead atoms. The highest BCUT2D eigenvalue weighted by atomic mass is 79.9. The van der Waals surface area contributed by atoms with Gasteiger partial charge in [-0.25, -0.2) is 0 Å². The lowest BCUT2D eigenvalue weighted by Gasteiger charge is -2.06. The van der Waals surface area contributed by atoms with Gasteiger partial charge in [-0.1, -0.05) is 0 Å². The Bertz CT molecular complexity index is 265. The summed E-state index contributed by atoms with van der Waals surface area (Å²) in [6.45, 7) is 2.37. The molecule has 1 aromatic rings. The van der Waals surface area contributed by atoms with Crippen molar-refractivity contribution in [2.24, 2.45) is 0 Å². The number of aryl methyl sites for hydroxylation is 1. The lowest BCUT2D eigenvalue weighted by molar-refractivity contribution is 0.358. The largest absolute Gasteiger partial charge is 0.496 e. The maximum absolute atomic E-state index is 5.14. The van der Waals surface area contributed by atoms with Crippen molar-refractivity contribution in [1.29, 1.82) is 0 Å². The van der Waals surface area contributed by atoms with Gasteiger partial charge in [-0.05, 0) is 6.92 Å². The van der Waals surface area contributed by atoms with Crippen LogP contribution in [0.4, 0.5) is 0 Å². The molecule has 0 aromatic carbocycles. The maximum atomic E-state index is 5.14. The van der Waals surface area contributed by atoms with Gasteiger partial charge < -0.3 is 8.57 Å². The topological polar surface area (TPSA) is 31.4 Å². The number of hydrogen-bond acceptors (Lipinski definition) is 3. The molecule has 0 unspecified atom stereocenters. The molecule has 0 aliphatic rings. The molecule has 0 amide bonds. The van der Waals surface area contributed by atoms with E-state index in [1.165, 1.54) is 0 Å². The van der Waals surface area contributed by atoms with E-state index in [1.54, 1.807) is 13.3 Å². The van der Waals surface area contributed by atoms with E-state index in [-0.39, 0.29) is 0 Å². The van der Waals surface area contributed by atoms with Gasteiger partial charge in [0.15, 0.2) is 0 Å². The quantitative estimate of drug-likeness (QED) is 0.800. The van der Waals surface area contributed by atoms with Crippen LogP contribution in [0.25, 0.3) is 0 Å². The van der Waals surface area contributed by atoms with E-state index in [0.717, 1.165) is 17.0 Å². The molecule has 0 radical (unpaired) electrons. The summed E-state index contributed by atoms with van der Waals surface area (Å²) in [5.41, 5.74) is 1.87. The Balaban J connectivity index is 2.94. The zero-order chi connectivity index (χ0) is 8.97. The summed E-state index contributed by atoms with van der Waals surface area (Å²) in [6.07, 6.45) is 1.75. The minimum atomic E-state index is 0.455. The van der Waals surface area contributed by atoms with Gasteiger partial charge >= 0.3 is 0 Å². The number of halogens is 1. The second kappa shape index (κ2) is 4.42. The van der Waals surface area contributed by atoms with Crippen molar-refractivity contribution in [3.8, 4) is 5.75 Å². The van der Waals surface area contributed by atoms with Crippen LogP contribution in [0.3, 0.4) is 0 Å². The van der Waals surface area contributed by atoms with Crippen molar-refractivity contribution in [2.45, 2.75) is 13.5 Å². The fourth-order valence-corrected chi connectivity index (χ4v) is 1.17. The molecule has 0 spiro atoms. The van der Waals surface area contributed by atoms with Gasteiger partial charge in [-0.3, -0.25) is 4.98 Å². The summed E-state index contributed by atoms with van der Waals surface area (Å²) >= 11 is 2.88. The number of nitrogens with zero attached hydrogens (tertiary/aromatic N) is 1. The van der Waals surface area contributed by atoms with Crippen LogP contribution < -0.4 is 4.74 Å². The van der Waals surface area contributed by atoms with Gasteiger partial charge in [0.25, 0.3) is 0 Å². The van der Waals surface area contributed by atoms with Crippen LogP contribution in [0.5, 0.6) is 5.75 Å². The van der Waals surface area contributed by atoms with E-state index in [4.69, 9.17) is 8.57 Å². The first kappa shape index (κ1) is 9.48. The van der Waals surface area contributed by atoms with Crippen molar-refractivity contribution < 1.29 is 8.57 Å². The Morgan fingerprint density at radius 1 is 1.58 bits per heavy atom. The van der Waals surface area contributed by atoms with Crippen molar-refractivity contribution in [3.05, 3.63) is 23.5 Å². The van der Waals surface area contributed by atoms with Crippen LogP contribution in [0.2, 0.25) is 0 Å². The smallest absolute Gasteiger partial charge is 0.127 e. The third kappa shape index (κ3) is 2.19. The number of hydrogen-bond donors (Lipinski definition) is 0. The molecular weight excluding hydrogens is 222 g/mol. The third-order valence-electron chi connectivity index (χ3n) is 1.51. The van der Waals surface area contributed by atoms with E-state index < -0.39 is 0 Å². The van der Waals surface area contributed by atoms with Crippen LogP contribution in [-0.2, 0) is 10.4 Å². The summed E-state index contributed by atoms with van der Waals surface area (Å²) < 4.78 is 9.94. The SMILES string of the molecule is COc1cc(C)ncc1COBr. The molecule has 0 aliphatic carbocycles. The molecule has 0 saturated carbocycles. The van der Waals surface area contributed by atoms with Crippen molar-refractivity contribution in [3.63, 3.8) is 0 Å². The first-order valence-corrected chi connectivity index (χ1v) is 4.15. The highest BCUT2D eigenvalue weighted by Gasteiger charge is 2.02. The predicted molar refractivity (Wildman–Crippen MR) is 49.2 cm³/mol. The van der Waals surface area contributed by atoms with Gasteiger partial charge in [-0.2, -0.15) is 0 Å². The summed E-state index contributed by atoms with van der Waals surface area (Å²) in [6, 6.07) is 1.88. The zero-order valence-electron chi connectivity index (χ0n) is 7.00. The maximum Gasteiger partial charge on any atom is 0.127 e. The third-order valence-corrected chi connectivity index (χ3v) is 1.74. The van der Waals surface area contributed by atoms with Crippen molar-refractivity contribution >= 4 is 16.3 Å². The fraction of sp³-hybridized carbons (Fsp3) is 0.375. The second-order valence-electron chi connectivity index (χ2n) is 2.39. The number of ether oxygens (including phenoxy) is 1. The first-order chi connectivity index (χ1) is 5.77. The Hall–Kier alpha value is -0.610.